The third-order valence-corrected chi connectivity index (χ3v) is 3.27. The van der Waals surface area contributed by atoms with Gasteiger partial charge in [-0.15, -0.1) is 10.2 Å². The number of rotatable bonds is 3. The minimum absolute atomic E-state index is 0.215. The second-order valence-electron chi connectivity index (χ2n) is 3.67. The molecule has 1 unspecified atom stereocenters. The van der Waals surface area contributed by atoms with Crippen LogP contribution in [0, 0.1) is 0 Å². The van der Waals surface area contributed by atoms with Gasteiger partial charge in [0, 0.05) is 22.0 Å². The summed E-state index contributed by atoms with van der Waals surface area (Å²) >= 11 is 9.39. The van der Waals surface area contributed by atoms with E-state index in [9.17, 15) is 0 Å². The number of tetrazole rings is 1. The van der Waals surface area contributed by atoms with Gasteiger partial charge < -0.3 is 5.73 Å². The fraction of sp³-hybridized carbons (Fsp3) is 0.300. The normalized spacial score (nSPS) is 12.7. The topological polar surface area (TPSA) is 69.6 Å². The molecule has 17 heavy (non-hydrogen) atoms. The number of aromatic nitrogens is 4. The molecule has 0 spiro atoms. The van der Waals surface area contributed by atoms with Gasteiger partial charge in [-0.05, 0) is 29.0 Å². The molecule has 0 saturated carbocycles. The van der Waals surface area contributed by atoms with Crippen LogP contribution < -0.4 is 5.73 Å². The fourth-order valence-electron chi connectivity index (χ4n) is 1.51. The highest BCUT2D eigenvalue weighted by Gasteiger charge is 2.14. The van der Waals surface area contributed by atoms with Crippen molar-refractivity contribution in [3.05, 3.63) is 39.1 Å². The van der Waals surface area contributed by atoms with Gasteiger partial charge in [-0.25, -0.2) is 0 Å². The van der Waals surface area contributed by atoms with Crippen LogP contribution in [0.1, 0.15) is 17.4 Å². The molecule has 0 bridgehead atoms. The summed E-state index contributed by atoms with van der Waals surface area (Å²) in [6.45, 7) is 0. The molecular weight excluding hydrogens is 306 g/mol. The zero-order chi connectivity index (χ0) is 12.4. The van der Waals surface area contributed by atoms with E-state index in [1.165, 1.54) is 4.80 Å². The van der Waals surface area contributed by atoms with Crippen molar-refractivity contribution in [2.45, 2.75) is 12.5 Å². The Morgan fingerprint density at radius 3 is 2.94 bits per heavy atom. The van der Waals surface area contributed by atoms with E-state index in [1.54, 1.807) is 7.05 Å². The first-order chi connectivity index (χ1) is 8.06. The Morgan fingerprint density at radius 1 is 1.53 bits per heavy atom. The van der Waals surface area contributed by atoms with Gasteiger partial charge in [0.05, 0.1) is 7.05 Å². The molecule has 2 aromatic rings. The highest BCUT2D eigenvalue weighted by Crippen LogP contribution is 2.26. The predicted molar refractivity (Wildman–Crippen MR) is 68.6 cm³/mol. The van der Waals surface area contributed by atoms with Crippen molar-refractivity contribution in [1.29, 1.82) is 0 Å². The quantitative estimate of drug-likeness (QED) is 0.938. The monoisotopic (exact) mass is 315 g/mol. The Balaban J connectivity index is 2.19. The standard InChI is InChI=1S/C10H11BrClN5/c1-17-15-10(14-16-17)5-9(13)7-4-6(12)2-3-8(7)11/h2-4,9H,5,13H2,1H3. The highest BCUT2D eigenvalue weighted by atomic mass is 79.9. The summed E-state index contributed by atoms with van der Waals surface area (Å²) in [4.78, 5) is 1.41. The molecule has 0 radical (unpaired) electrons. The van der Waals surface area contributed by atoms with Crippen molar-refractivity contribution in [2.24, 2.45) is 12.8 Å². The predicted octanol–water partition coefficient (Wildman–Crippen LogP) is 1.87. The smallest absolute Gasteiger partial charge is 0.176 e. The molecular formula is C10H11BrClN5. The lowest BCUT2D eigenvalue weighted by Gasteiger charge is -2.12. The second kappa shape index (κ2) is 5.12. The van der Waals surface area contributed by atoms with Crippen LogP contribution in [-0.4, -0.2) is 20.2 Å². The maximum absolute atomic E-state index is 6.10. The minimum atomic E-state index is -0.215. The molecule has 0 aliphatic rings. The van der Waals surface area contributed by atoms with Crippen LogP contribution in [0.5, 0.6) is 0 Å². The summed E-state index contributed by atoms with van der Waals surface area (Å²) < 4.78 is 0.929. The average molecular weight is 317 g/mol. The maximum Gasteiger partial charge on any atom is 0.176 e. The van der Waals surface area contributed by atoms with Gasteiger partial charge in [0.1, 0.15) is 0 Å². The van der Waals surface area contributed by atoms with Crippen LogP contribution in [0.15, 0.2) is 22.7 Å². The van der Waals surface area contributed by atoms with Crippen molar-refractivity contribution >= 4 is 27.5 Å². The summed E-state index contributed by atoms with van der Waals surface area (Å²) in [6, 6.07) is 5.31. The van der Waals surface area contributed by atoms with Crippen LogP contribution in [-0.2, 0) is 13.5 Å². The highest BCUT2D eigenvalue weighted by molar-refractivity contribution is 9.10. The number of halogens is 2. The molecule has 1 aromatic heterocycles. The van der Waals surface area contributed by atoms with Crippen molar-refractivity contribution in [3.8, 4) is 0 Å². The Labute approximate surface area is 112 Å². The molecule has 1 aromatic carbocycles. The van der Waals surface area contributed by atoms with E-state index in [4.69, 9.17) is 17.3 Å². The first-order valence-electron chi connectivity index (χ1n) is 4.99. The number of hydrogen-bond acceptors (Lipinski definition) is 4. The van der Waals surface area contributed by atoms with Crippen LogP contribution in [0.2, 0.25) is 5.02 Å². The van der Waals surface area contributed by atoms with Gasteiger partial charge in [0.25, 0.3) is 0 Å². The van der Waals surface area contributed by atoms with E-state index in [-0.39, 0.29) is 6.04 Å². The molecule has 2 rings (SSSR count). The zero-order valence-corrected chi connectivity index (χ0v) is 11.5. The van der Waals surface area contributed by atoms with Crippen molar-refractivity contribution < 1.29 is 0 Å². The summed E-state index contributed by atoms with van der Waals surface area (Å²) in [5, 5.41) is 12.4. The number of aryl methyl sites for hydroxylation is 1. The second-order valence-corrected chi connectivity index (χ2v) is 4.96. The van der Waals surface area contributed by atoms with Crippen LogP contribution in [0.25, 0.3) is 0 Å². The number of nitrogens with two attached hydrogens (primary N) is 1. The lowest BCUT2D eigenvalue weighted by Crippen LogP contribution is -2.15. The molecule has 90 valence electrons. The van der Waals surface area contributed by atoms with Gasteiger partial charge >= 0.3 is 0 Å². The van der Waals surface area contributed by atoms with E-state index in [0.29, 0.717) is 17.3 Å². The van der Waals surface area contributed by atoms with E-state index in [0.717, 1.165) is 10.0 Å². The van der Waals surface area contributed by atoms with Gasteiger partial charge in [-0.1, -0.05) is 27.5 Å². The third kappa shape index (κ3) is 3.02. The number of benzene rings is 1. The van der Waals surface area contributed by atoms with Gasteiger partial charge in [0.2, 0.25) is 0 Å². The molecule has 2 N–H and O–H groups in total. The summed E-state index contributed by atoms with van der Waals surface area (Å²) in [6.07, 6.45) is 0.521. The largest absolute Gasteiger partial charge is 0.324 e. The van der Waals surface area contributed by atoms with Gasteiger partial charge in [0.15, 0.2) is 5.82 Å². The lowest BCUT2D eigenvalue weighted by atomic mass is 10.0. The summed E-state index contributed by atoms with van der Waals surface area (Å²) in [5.74, 6) is 0.617. The Kier molecular flexibility index (Phi) is 3.76. The summed E-state index contributed by atoms with van der Waals surface area (Å²) in [7, 11) is 1.72. The zero-order valence-electron chi connectivity index (χ0n) is 9.14. The van der Waals surface area contributed by atoms with Crippen molar-refractivity contribution in [3.63, 3.8) is 0 Å². The maximum atomic E-state index is 6.10. The minimum Gasteiger partial charge on any atom is -0.324 e. The molecule has 0 saturated heterocycles. The molecule has 0 aliphatic heterocycles. The van der Waals surface area contributed by atoms with Crippen molar-refractivity contribution in [2.75, 3.05) is 0 Å². The number of hydrogen-bond donors (Lipinski definition) is 1. The molecule has 5 nitrogen and oxygen atoms in total. The Hall–Kier alpha value is -0.980. The molecule has 1 heterocycles. The SMILES string of the molecule is Cn1nnc(CC(N)c2cc(Cl)ccc2Br)n1. The third-order valence-electron chi connectivity index (χ3n) is 2.31. The van der Waals surface area contributed by atoms with E-state index in [2.05, 4.69) is 31.3 Å². The van der Waals surface area contributed by atoms with Crippen molar-refractivity contribution in [1.82, 2.24) is 20.2 Å². The summed E-state index contributed by atoms with van der Waals surface area (Å²) in [5.41, 5.74) is 7.04. The van der Waals surface area contributed by atoms with Gasteiger partial charge in [-0.2, -0.15) is 4.80 Å². The first kappa shape index (κ1) is 12.5. The van der Waals surface area contributed by atoms with Gasteiger partial charge in [-0.3, -0.25) is 0 Å². The Morgan fingerprint density at radius 2 is 2.29 bits per heavy atom. The Bertz CT molecular complexity index is 527. The van der Waals surface area contributed by atoms with Crippen LogP contribution in [0.4, 0.5) is 0 Å². The van der Waals surface area contributed by atoms with E-state index < -0.39 is 0 Å². The lowest BCUT2D eigenvalue weighted by molar-refractivity contribution is 0.622. The molecule has 0 aliphatic carbocycles. The first-order valence-corrected chi connectivity index (χ1v) is 6.17. The van der Waals surface area contributed by atoms with E-state index in [1.807, 2.05) is 18.2 Å². The molecule has 1 atom stereocenters. The molecule has 0 amide bonds. The fourth-order valence-corrected chi connectivity index (χ4v) is 2.23. The average Bonchev–Trinajstić information content (AvgIpc) is 2.67. The number of nitrogens with zero attached hydrogens (tertiary/aromatic N) is 4. The van der Waals surface area contributed by atoms with Crippen LogP contribution in [0.3, 0.4) is 0 Å². The van der Waals surface area contributed by atoms with E-state index >= 15 is 0 Å². The molecule has 7 heteroatoms. The van der Waals surface area contributed by atoms with Crippen LogP contribution >= 0.6 is 27.5 Å². The molecule has 0 fully saturated rings.